The summed E-state index contributed by atoms with van der Waals surface area (Å²) >= 11 is 1.23. The lowest BCUT2D eigenvalue weighted by Gasteiger charge is -2.11. The Kier molecular flexibility index (Phi) is 6.13. The SMILES string of the molecule is CCOC(=O)c1c(-c2ccc(OC)c(OC)c2)csc1NC(=O)c1cc2ccccc2o1. The number of amides is 1. The number of rotatable bonds is 7. The van der Waals surface area contributed by atoms with Crippen LogP contribution in [0.15, 0.2) is 58.3 Å². The molecule has 8 heteroatoms. The predicted molar refractivity (Wildman–Crippen MR) is 123 cm³/mol. The molecule has 7 nitrogen and oxygen atoms in total. The average molecular weight is 452 g/mol. The van der Waals surface area contributed by atoms with Gasteiger partial charge in [0, 0.05) is 16.3 Å². The maximum absolute atomic E-state index is 12.9. The van der Waals surface area contributed by atoms with Crippen molar-refractivity contribution >= 4 is 39.2 Å². The zero-order valence-corrected chi connectivity index (χ0v) is 18.6. The normalized spacial score (nSPS) is 10.7. The van der Waals surface area contributed by atoms with Crippen molar-refractivity contribution in [3.05, 3.63) is 65.2 Å². The summed E-state index contributed by atoms with van der Waals surface area (Å²) in [7, 11) is 3.10. The molecule has 0 saturated heterocycles. The average Bonchev–Trinajstić information content (AvgIpc) is 3.43. The highest BCUT2D eigenvalue weighted by molar-refractivity contribution is 7.15. The molecule has 0 bridgehead atoms. The number of benzene rings is 2. The van der Waals surface area contributed by atoms with Crippen molar-refractivity contribution in [2.75, 3.05) is 26.1 Å². The highest BCUT2D eigenvalue weighted by atomic mass is 32.1. The van der Waals surface area contributed by atoms with E-state index in [-0.39, 0.29) is 17.9 Å². The van der Waals surface area contributed by atoms with E-state index in [0.29, 0.717) is 27.6 Å². The van der Waals surface area contributed by atoms with Crippen LogP contribution in [0.5, 0.6) is 11.5 Å². The highest BCUT2D eigenvalue weighted by Crippen LogP contribution is 2.40. The first-order valence-electron chi connectivity index (χ1n) is 9.86. The Bertz CT molecular complexity index is 1260. The second-order valence-electron chi connectivity index (χ2n) is 6.75. The molecule has 32 heavy (non-hydrogen) atoms. The Labute approximate surface area is 188 Å². The highest BCUT2D eigenvalue weighted by Gasteiger charge is 2.24. The van der Waals surface area contributed by atoms with Crippen LogP contribution in [0.1, 0.15) is 27.8 Å². The third kappa shape index (κ3) is 4.04. The standard InChI is InChI=1S/C24H21NO6S/c1-4-30-24(27)21-16(14-9-10-18(28-2)19(11-14)29-3)13-32-23(21)25-22(26)20-12-15-7-5-6-8-17(15)31-20/h5-13H,4H2,1-3H3,(H,25,26). The number of hydrogen-bond acceptors (Lipinski definition) is 7. The maximum atomic E-state index is 12.9. The molecular formula is C24H21NO6S. The number of furan rings is 1. The van der Waals surface area contributed by atoms with Gasteiger partial charge in [-0.1, -0.05) is 24.3 Å². The van der Waals surface area contributed by atoms with E-state index >= 15 is 0 Å². The van der Waals surface area contributed by atoms with Crippen molar-refractivity contribution in [1.82, 2.24) is 0 Å². The van der Waals surface area contributed by atoms with Crippen LogP contribution >= 0.6 is 11.3 Å². The molecule has 2 aromatic carbocycles. The molecule has 0 spiro atoms. The minimum Gasteiger partial charge on any atom is -0.493 e. The summed E-state index contributed by atoms with van der Waals surface area (Å²) in [6.45, 7) is 1.93. The molecule has 1 N–H and O–H groups in total. The van der Waals surface area contributed by atoms with Gasteiger partial charge in [0.05, 0.1) is 20.8 Å². The molecule has 0 fully saturated rings. The van der Waals surface area contributed by atoms with Gasteiger partial charge in [-0.05, 0) is 36.8 Å². The summed E-state index contributed by atoms with van der Waals surface area (Å²) in [5.41, 5.74) is 2.23. The first kappa shape index (κ1) is 21.5. The lowest BCUT2D eigenvalue weighted by atomic mass is 10.0. The number of esters is 1. The number of thiophene rings is 1. The summed E-state index contributed by atoms with van der Waals surface area (Å²) in [5, 5.41) is 5.78. The fourth-order valence-corrected chi connectivity index (χ4v) is 4.28. The number of hydrogen-bond donors (Lipinski definition) is 1. The number of carbonyl (C=O) groups excluding carboxylic acids is 2. The molecule has 0 aliphatic carbocycles. The number of nitrogens with one attached hydrogen (secondary N) is 1. The van der Waals surface area contributed by atoms with Gasteiger partial charge < -0.3 is 23.9 Å². The van der Waals surface area contributed by atoms with Crippen molar-refractivity contribution < 1.29 is 28.2 Å². The quantitative estimate of drug-likeness (QED) is 0.368. The Morgan fingerprint density at radius 1 is 1.03 bits per heavy atom. The Morgan fingerprint density at radius 2 is 1.81 bits per heavy atom. The fourth-order valence-electron chi connectivity index (χ4n) is 3.33. The summed E-state index contributed by atoms with van der Waals surface area (Å²) < 4.78 is 21.6. The Morgan fingerprint density at radius 3 is 2.53 bits per heavy atom. The van der Waals surface area contributed by atoms with Crippen LogP contribution in [0.4, 0.5) is 5.00 Å². The van der Waals surface area contributed by atoms with Crippen LogP contribution < -0.4 is 14.8 Å². The summed E-state index contributed by atoms with van der Waals surface area (Å²) in [5.74, 6) is 0.273. The molecule has 0 aliphatic rings. The van der Waals surface area contributed by atoms with E-state index in [9.17, 15) is 9.59 Å². The number of carbonyl (C=O) groups is 2. The van der Waals surface area contributed by atoms with E-state index in [1.165, 1.54) is 11.3 Å². The van der Waals surface area contributed by atoms with Gasteiger partial charge in [-0.25, -0.2) is 4.79 Å². The first-order chi connectivity index (χ1) is 15.5. The molecule has 0 aliphatic heterocycles. The minimum atomic E-state index is -0.529. The second kappa shape index (κ2) is 9.15. The van der Waals surface area contributed by atoms with E-state index in [2.05, 4.69) is 5.32 Å². The summed E-state index contributed by atoms with van der Waals surface area (Å²) in [4.78, 5) is 25.7. The van der Waals surface area contributed by atoms with Crippen LogP contribution in [0, 0.1) is 0 Å². The van der Waals surface area contributed by atoms with Gasteiger partial charge in [0.15, 0.2) is 17.3 Å². The number of fused-ring (bicyclic) bond motifs is 1. The van der Waals surface area contributed by atoms with Crippen molar-refractivity contribution in [3.8, 4) is 22.6 Å². The largest absolute Gasteiger partial charge is 0.493 e. The van der Waals surface area contributed by atoms with E-state index < -0.39 is 11.9 Å². The monoisotopic (exact) mass is 451 g/mol. The van der Waals surface area contributed by atoms with Crippen LogP contribution in [0.25, 0.3) is 22.1 Å². The third-order valence-electron chi connectivity index (χ3n) is 4.84. The van der Waals surface area contributed by atoms with E-state index in [1.54, 1.807) is 50.8 Å². The number of methoxy groups -OCH3 is 2. The Balaban J connectivity index is 1.72. The van der Waals surface area contributed by atoms with Gasteiger partial charge in [-0.15, -0.1) is 11.3 Å². The van der Waals surface area contributed by atoms with Gasteiger partial charge >= 0.3 is 5.97 Å². The van der Waals surface area contributed by atoms with Crippen LogP contribution in [-0.4, -0.2) is 32.7 Å². The topological polar surface area (TPSA) is 87.0 Å². The number of anilines is 1. The first-order valence-corrected chi connectivity index (χ1v) is 10.7. The van der Waals surface area contributed by atoms with Crippen molar-refractivity contribution in [1.29, 1.82) is 0 Å². The molecule has 4 aromatic rings. The van der Waals surface area contributed by atoms with Crippen molar-refractivity contribution in [3.63, 3.8) is 0 Å². The van der Waals surface area contributed by atoms with Crippen molar-refractivity contribution in [2.45, 2.75) is 6.92 Å². The Hall–Kier alpha value is -3.78. The summed E-state index contributed by atoms with van der Waals surface area (Å²) in [6.07, 6.45) is 0. The molecule has 1 amide bonds. The van der Waals surface area contributed by atoms with Gasteiger partial charge in [0.25, 0.3) is 5.91 Å². The predicted octanol–water partition coefficient (Wildman–Crippen LogP) is 5.61. The third-order valence-corrected chi connectivity index (χ3v) is 5.74. The second-order valence-corrected chi connectivity index (χ2v) is 7.63. The van der Waals surface area contributed by atoms with Crippen LogP contribution in [0.2, 0.25) is 0 Å². The molecule has 164 valence electrons. The van der Waals surface area contributed by atoms with Crippen LogP contribution in [0.3, 0.4) is 0 Å². The van der Waals surface area contributed by atoms with Gasteiger partial charge in [0.1, 0.15) is 16.1 Å². The zero-order chi connectivity index (χ0) is 22.7. The molecule has 4 rings (SSSR count). The van der Waals surface area contributed by atoms with Gasteiger partial charge in [-0.2, -0.15) is 0 Å². The summed E-state index contributed by atoms with van der Waals surface area (Å²) in [6, 6.07) is 14.4. The number of ether oxygens (including phenoxy) is 3. The minimum absolute atomic E-state index is 0.155. The maximum Gasteiger partial charge on any atom is 0.341 e. The van der Waals surface area contributed by atoms with Gasteiger partial charge in [0.2, 0.25) is 0 Å². The smallest absolute Gasteiger partial charge is 0.341 e. The molecule has 0 saturated carbocycles. The van der Waals surface area contributed by atoms with Gasteiger partial charge in [-0.3, -0.25) is 4.79 Å². The number of para-hydroxylation sites is 1. The molecule has 2 aromatic heterocycles. The van der Waals surface area contributed by atoms with Crippen LogP contribution in [-0.2, 0) is 4.74 Å². The molecule has 0 unspecified atom stereocenters. The fraction of sp³-hybridized carbons (Fsp3) is 0.167. The molecule has 0 radical (unpaired) electrons. The zero-order valence-electron chi connectivity index (χ0n) is 17.8. The van der Waals surface area contributed by atoms with E-state index in [1.807, 2.05) is 24.3 Å². The lowest BCUT2D eigenvalue weighted by molar-refractivity contribution is 0.0529. The lowest BCUT2D eigenvalue weighted by Crippen LogP contribution is -2.14. The van der Waals surface area contributed by atoms with Crippen molar-refractivity contribution in [2.24, 2.45) is 0 Å². The molecular weight excluding hydrogens is 430 g/mol. The molecule has 2 heterocycles. The van der Waals surface area contributed by atoms with E-state index in [0.717, 1.165) is 10.9 Å². The van der Waals surface area contributed by atoms with E-state index in [4.69, 9.17) is 18.6 Å². The molecule has 0 atom stereocenters.